The van der Waals surface area contributed by atoms with Gasteiger partial charge in [-0.05, 0) is 47.7 Å². The normalized spacial score (nSPS) is 10.9. The molecule has 0 fully saturated rings. The molecule has 1 amide bonds. The minimum absolute atomic E-state index is 0.208. The molecule has 5 rings (SSSR count). The standard InChI is InChI=1S/C20H14N8O/c29-20(14-2-1-9-21-11-14)22-15-6-3-12(4-7-15)18-16-10-13(19-25-27-28-26-19)5-8-17(16)23-24-18/h1-11H,(H,22,29)(H,23,24)(H,25,26,27,28). The number of hydrogen-bond acceptors (Lipinski definition) is 6. The fourth-order valence-corrected chi connectivity index (χ4v) is 3.07. The van der Waals surface area contributed by atoms with E-state index in [1.165, 1.54) is 6.20 Å². The lowest BCUT2D eigenvalue weighted by Crippen LogP contribution is -2.11. The van der Waals surface area contributed by atoms with Crippen molar-refractivity contribution in [3.63, 3.8) is 0 Å². The van der Waals surface area contributed by atoms with Gasteiger partial charge >= 0.3 is 0 Å². The molecule has 29 heavy (non-hydrogen) atoms. The largest absolute Gasteiger partial charge is 0.322 e. The Bertz CT molecular complexity index is 1280. The Morgan fingerprint density at radius 1 is 0.966 bits per heavy atom. The van der Waals surface area contributed by atoms with Crippen LogP contribution in [0.2, 0.25) is 0 Å². The lowest BCUT2D eigenvalue weighted by Gasteiger charge is -2.06. The van der Waals surface area contributed by atoms with E-state index < -0.39 is 0 Å². The van der Waals surface area contributed by atoms with Crippen LogP contribution in [0.5, 0.6) is 0 Å². The molecule has 0 aliphatic rings. The fraction of sp³-hybridized carbons (Fsp3) is 0. The van der Waals surface area contributed by atoms with Crippen LogP contribution in [0.25, 0.3) is 33.5 Å². The summed E-state index contributed by atoms with van der Waals surface area (Å²) in [5, 5.41) is 25.4. The SMILES string of the molecule is O=C(Nc1ccc(-c2n[nH]c3ccc(-c4nn[nH]n4)cc23)cc1)c1cccnc1. The van der Waals surface area contributed by atoms with E-state index in [1.807, 2.05) is 42.5 Å². The molecule has 9 heteroatoms. The van der Waals surface area contributed by atoms with Crippen molar-refractivity contribution < 1.29 is 4.79 Å². The van der Waals surface area contributed by atoms with E-state index in [2.05, 4.69) is 41.1 Å². The summed E-state index contributed by atoms with van der Waals surface area (Å²) >= 11 is 0. The van der Waals surface area contributed by atoms with Gasteiger partial charge in [0.1, 0.15) is 0 Å². The molecule has 0 aliphatic carbocycles. The van der Waals surface area contributed by atoms with Gasteiger partial charge in [0.15, 0.2) is 0 Å². The molecule has 0 aliphatic heterocycles. The predicted octanol–water partition coefficient (Wildman–Crippen LogP) is 3.06. The first-order chi connectivity index (χ1) is 14.3. The molecule has 0 saturated heterocycles. The van der Waals surface area contributed by atoms with Gasteiger partial charge in [-0.25, -0.2) is 0 Å². The highest BCUT2D eigenvalue weighted by Gasteiger charge is 2.12. The molecule has 3 N–H and O–H groups in total. The van der Waals surface area contributed by atoms with Crippen LogP contribution in [0.4, 0.5) is 5.69 Å². The van der Waals surface area contributed by atoms with Crippen molar-refractivity contribution in [3.8, 4) is 22.6 Å². The van der Waals surface area contributed by atoms with E-state index in [-0.39, 0.29) is 5.91 Å². The maximum absolute atomic E-state index is 12.3. The van der Waals surface area contributed by atoms with Gasteiger partial charge in [-0.2, -0.15) is 10.3 Å². The van der Waals surface area contributed by atoms with Crippen LogP contribution >= 0.6 is 0 Å². The van der Waals surface area contributed by atoms with Crippen molar-refractivity contribution in [1.82, 2.24) is 35.8 Å². The number of amides is 1. The Hall–Kier alpha value is -4.40. The number of H-pyrrole nitrogens is 2. The van der Waals surface area contributed by atoms with Gasteiger partial charge in [-0.1, -0.05) is 12.1 Å². The third-order valence-electron chi connectivity index (χ3n) is 4.51. The number of nitrogens with zero attached hydrogens (tertiary/aromatic N) is 5. The molecule has 0 radical (unpaired) electrons. The number of hydrogen-bond donors (Lipinski definition) is 3. The summed E-state index contributed by atoms with van der Waals surface area (Å²) in [6.45, 7) is 0. The third-order valence-corrected chi connectivity index (χ3v) is 4.51. The molecule has 0 saturated carbocycles. The van der Waals surface area contributed by atoms with Crippen molar-refractivity contribution in [2.45, 2.75) is 0 Å². The summed E-state index contributed by atoms with van der Waals surface area (Å²) in [4.78, 5) is 16.2. The number of fused-ring (bicyclic) bond motifs is 1. The zero-order valence-electron chi connectivity index (χ0n) is 15.0. The van der Waals surface area contributed by atoms with Gasteiger partial charge in [0, 0.05) is 34.6 Å². The van der Waals surface area contributed by atoms with E-state index >= 15 is 0 Å². The quantitative estimate of drug-likeness (QED) is 0.439. The Kier molecular flexibility index (Phi) is 4.02. The highest BCUT2D eigenvalue weighted by atomic mass is 16.1. The van der Waals surface area contributed by atoms with E-state index in [0.717, 1.165) is 27.7 Å². The topological polar surface area (TPSA) is 125 Å². The molecule has 0 atom stereocenters. The van der Waals surface area contributed by atoms with Crippen LogP contribution in [0, 0.1) is 0 Å². The van der Waals surface area contributed by atoms with Crippen LogP contribution < -0.4 is 5.32 Å². The number of carbonyl (C=O) groups excluding carboxylic acids is 1. The Balaban J connectivity index is 1.43. The first kappa shape index (κ1) is 16.8. The fourth-order valence-electron chi connectivity index (χ4n) is 3.07. The molecular weight excluding hydrogens is 368 g/mol. The maximum atomic E-state index is 12.3. The van der Waals surface area contributed by atoms with Crippen LogP contribution in [-0.2, 0) is 0 Å². The lowest BCUT2D eigenvalue weighted by atomic mass is 10.0. The highest BCUT2D eigenvalue weighted by Crippen LogP contribution is 2.30. The Labute approximate surface area is 164 Å². The van der Waals surface area contributed by atoms with Crippen LogP contribution in [0.3, 0.4) is 0 Å². The molecule has 0 unspecified atom stereocenters. The number of tetrazole rings is 1. The second kappa shape index (κ2) is 6.97. The van der Waals surface area contributed by atoms with Crippen molar-refractivity contribution in [2.75, 3.05) is 5.32 Å². The van der Waals surface area contributed by atoms with Crippen molar-refractivity contribution in [1.29, 1.82) is 0 Å². The average molecular weight is 382 g/mol. The van der Waals surface area contributed by atoms with E-state index in [0.29, 0.717) is 17.1 Å². The minimum atomic E-state index is -0.208. The van der Waals surface area contributed by atoms with Gasteiger partial charge in [-0.15, -0.1) is 10.2 Å². The third kappa shape index (κ3) is 3.21. The van der Waals surface area contributed by atoms with Crippen LogP contribution in [0.15, 0.2) is 67.0 Å². The van der Waals surface area contributed by atoms with E-state index in [9.17, 15) is 4.79 Å². The van der Waals surface area contributed by atoms with Crippen molar-refractivity contribution >= 4 is 22.5 Å². The first-order valence-electron chi connectivity index (χ1n) is 8.82. The summed E-state index contributed by atoms with van der Waals surface area (Å²) in [6, 6.07) is 16.8. The van der Waals surface area contributed by atoms with Gasteiger partial charge in [0.25, 0.3) is 5.91 Å². The summed E-state index contributed by atoms with van der Waals surface area (Å²) in [6.07, 6.45) is 3.16. The lowest BCUT2D eigenvalue weighted by molar-refractivity contribution is 0.102. The molecule has 3 heterocycles. The van der Waals surface area contributed by atoms with Gasteiger partial charge in [-0.3, -0.25) is 14.9 Å². The number of aromatic amines is 2. The zero-order valence-corrected chi connectivity index (χ0v) is 15.0. The second-order valence-corrected chi connectivity index (χ2v) is 6.34. The number of carbonyl (C=O) groups is 1. The van der Waals surface area contributed by atoms with Gasteiger partial charge < -0.3 is 5.32 Å². The van der Waals surface area contributed by atoms with Gasteiger partial charge in [0.2, 0.25) is 5.82 Å². The smallest absolute Gasteiger partial charge is 0.257 e. The summed E-state index contributed by atoms with van der Waals surface area (Å²) in [7, 11) is 0. The summed E-state index contributed by atoms with van der Waals surface area (Å²) in [5.41, 5.74) is 4.66. The van der Waals surface area contributed by atoms with Crippen molar-refractivity contribution in [2.24, 2.45) is 0 Å². The molecular formula is C20H14N8O. The molecule has 3 aromatic heterocycles. The average Bonchev–Trinajstić information content (AvgIpc) is 3.45. The zero-order chi connectivity index (χ0) is 19.6. The monoisotopic (exact) mass is 382 g/mol. The maximum Gasteiger partial charge on any atom is 0.257 e. The molecule has 5 aromatic rings. The number of pyridine rings is 1. The number of aromatic nitrogens is 7. The Morgan fingerprint density at radius 2 is 1.83 bits per heavy atom. The molecule has 140 valence electrons. The molecule has 2 aromatic carbocycles. The predicted molar refractivity (Wildman–Crippen MR) is 107 cm³/mol. The van der Waals surface area contributed by atoms with Crippen molar-refractivity contribution in [3.05, 3.63) is 72.6 Å². The second-order valence-electron chi connectivity index (χ2n) is 6.34. The van der Waals surface area contributed by atoms with E-state index in [1.54, 1.807) is 18.3 Å². The number of nitrogens with one attached hydrogen (secondary N) is 3. The van der Waals surface area contributed by atoms with Crippen LogP contribution in [0.1, 0.15) is 10.4 Å². The minimum Gasteiger partial charge on any atom is -0.322 e. The molecule has 0 spiro atoms. The van der Waals surface area contributed by atoms with Crippen LogP contribution in [-0.4, -0.2) is 41.7 Å². The molecule has 0 bridgehead atoms. The number of rotatable bonds is 4. The highest BCUT2D eigenvalue weighted by molar-refractivity contribution is 6.04. The molecule has 9 nitrogen and oxygen atoms in total. The first-order valence-corrected chi connectivity index (χ1v) is 8.82. The van der Waals surface area contributed by atoms with Gasteiger partial charge in [0.05, 0.1) is 16.8 Å². The summed E-state index contributed by atoms with van der Waals surface area (Å²) in [5.74, 6) is 0.313. The summed E-state index contributed by atoms with van der Waals surface area (Å²) < 4.78 is 0. The number of anilines is 1. The number of benzene rings is 2. The van der Waals surface area contributed by atoms with E-state index in [4.69, 9.17) is 0 Å². The Morgan fingerprint density at radius 3 is 2.59 bits per heavy atom.